The van der Waals surface area contributed by atoms with Gasteiger partial charge in [0.1, 0.15) is 0 Å². The highest BCUT2D eigenvalue weighted by Gasteiger charge is 2.09. The third-order valence-corrected chi connectivity index (χ3v) is 5.51. The van der Waals surface area contributed by atoms with Crippen LogP contribution in [-0.2, 0) is 12.8 Å². The lowest BCUT2D eigenvalue weighted by atomic mass is 10.1. The molecule has 138 valence electrons. The molecule has 2 aromatic carbocycles. The maximum absolute atomic E-state index is 12.3. The Bertz CT molecular complexity index is 945. The zero-order chi connectivity index (χ0) is 19.2. The molecule has 1 heterocycles. The highest BCUT2D eigenvalue weighted by molar-refractivity contribution is 7.99. The van der Waals surface area contributed by atoms with E-state index < -0.39 is 0 Å². The van der Waals surface area contributed by atoms with Crippen LogP contribution in [0, 0.1) is 6.92 Å². The third kappa shape index (κ3) is 5.80. The van der Waals surface area contributed by atoms with Crippen LogP contribution in [0.15, 0.2) is 59.9 Å². The van der Waals surface area contributed by atoms with Crippen molar-refractivity contribution in [2.75, 3.05) is 5.75 Å². The monoisotopic (exact) mass is 416 g/mol. The molecule has 0 N–H and O–H groups in total. The summed E-state index contributed by atoms with van der Waals surface area (Å²) in [5, 5.41) is 1.90. The molecule has 3 nitrogen and oxygen atoms in total. The zero-order valence-corrected chi connectivity index (χ0v) is 17.1. The molecule has 0 aliphatic heterocycles. The van der Waals surface area contributed by atoms with Gasteiger partial charge in [-0.1, -0.05) is 70.9 Å². The van der Waals surface area contributed by atoms with E-state index in [0.29, 0.717) is 26.5 Å². The third-order valence-electron chi connectivity index (χ3n) is 4.06. The summed E-state index contributed by atoms with van der Waals surface area (Å²) in [7, 11) is 0. The Morgan fingerprint density at radius 3 is 2.56 bits per heavy atom. The maximum atomic E-state index is 12.3. The number of hydrogen-bond acceptors (Lipinski definition) is 4. The highest BCUT2D eigenvalue weighted by atomic mass is 35.5. The van der Waals surface area contributed by atoms with Crippen LogP contribution in [-0.4, -0.2) is 21.5 Å². The van der Waals surface area contributed by atoms with Gasteiger partial charge >= 0.3 is 0 Å². The smallest absolute Gasteiger partial charge is 0.188 e. The molecular formula is C21H18Cl2N2OS. The van der Waals surface area contributed by atoms with Crippen LogP contribution in [0.1, 0.15) is 27.2 Å². The maximum Gasteiger partial charge on any atom is 0.188 e. The summed E-state index contributed by atoms with van der Waals surface area (Å²) in [5.74, 6) is 0.386. The van der Waals surface area contributed by atoms with Crippen LogP contribution in [0.2, 0.25) is 10.0 Å². The van der Waals surface area contributed by atoms with Crippen LogP contribution in [0.4, 0.5) is 0 Å². The van der Waals surface area contributed by atoms with Gasteiger partial charge in [-0.05, 0) is 43.5 Å². The summed E-state index contributed by atoms with van der Waals surface area (Å²) in [6, 6.07) is 15.0. The number of aryl methyl sites for hydroxylation is 3. The van der Waals surface area contributed by atoms with E-state index in [2.05, 4.69) is 9.97 Å². The largest absolute Gasteiger partial charge is 0.293 e. The molecule has 0 spiro atoms. The number of benzene rings is 2. The van der Waals surface area contributed by atoms with Crippen molar-refractivity contribution in [3.05, 3.63) is 87.2 Å². The molecule has 1 aromatic heterocycles. The summed E-state index contributed by atoms with van der Waals surface area (Å²) in [6.07, 6.45) is 3.23. The van der Waals surface area contributed by atoms with Gasteiger partial charge < -0.3 is 0 Å². The van der Waals surface area contributed by atoms with Crippen LogP contribution in [0.3, 0.4) is 0 Å². The summed E-state index contributed by atoms with van der Waals surface area (Å²) in [6.45, 7) is 2.00. The SMILES string of the molecule is Cc1ccc(C(=O)CSc2nccc(CCc3ccc(Cl)cc3Cl)n2)cc1. The molecule has 6 heteroatoms. The molecule has 0 aliphatic rings. The van der Waals surface area contributed by atoms with Gasteiger partial charge in [-0.25, -0.2) is 9.97 Å². The Hall–Kier alpha value is -1.88. The second-order valence-corrected chi connectivity index (χ2v) is 7.93. The molecule has 0 atom stereocenters. The Kier molecular flexibility index (Phi) is 6.89. The number of carbonyl (C=O) groups is 1. The lowest BCUT2D eigenvalue weighted by Gasteiger charge is -2.06. The van der Waals surface area contributed by atoms with Gasteiger partial charge in [-0.3, -0.25) is 4.79 Å². The predicted molar refractivity (Wildman–Crippen MR) is 112 cm³/mol. The lowest BCUT2D eigenvalue weighted by Crippen LogP contribution is -2.04. The minimum atomic E-state index is 0.0712. The molecule has 0 unspecified atom stereocenters. The fraction of sp³-hybridized carbons (Fsp3) is 0.190. The van der Waals surface area contributed by atoms with Gasteiger partial charge in [0.2, 0.25) is 0 Å². The number of rotatable bonds is 7. The van der Waals surface area contributed by atoms with Gasteiger partial charge in [0.15, 0.2) is 10.9 Å². The van der Waals surface area contributed by atoms with Crippen LogP contribution >= 0.6 is 35.0 Å². The number of Topliss-reactive ketones (excluding diaryl/α,β-unsaturated/α-hetero) is 1. The average molecular weight is 417 g/mol. The number of thioether (sulfide) groups is 1. The van der Waals surface area contributed by atoms with Crippen molar-refractivity contribution in [3.63, 3.8) is 0 Å². The fourth-order valence-corrected chi connectivity index (χ4v) is 3.77. The van der Waals surface area contributed by atoms with E-state index in [-0.39, 0.29) is 5.78 Å². The summed E-state index contributed by atoms with van der Waals surface area (Å²) >= 11 is 13.5. The molecule has 0 radical (unpaired) electrons. The van der Waals surface area contributed by atoms with Gasteiger partial charge in [0, 0.05) is 27.5 Å². The van der Waals surface area contributed by atoms with E-state index in [1.54, 1.807) is 12.3 Å². The summed E-state index contributed by atoms with van der Waals surface area (Å²) in [5.41, 5.74) is 3.79. The van der Waals surface area contributed by atoms with Crippen molar-refractivity contribution in [2.45, 2.75) is 24.9 Å². The highest BCUT2D eigenvalue weighted by Crippen LogP contribution is 2.22. The van der Waals surface area contributed by atoms with Crippen molar-refractivity contribution >= 4 is 40.7 Å². The average Bonchev–Trinajstić information content (AvgIpc) is 2.66. The molecule has 0 amide bonds. The minimum absolute atomic E-state index is 0.0712. The minimum Gasteiger partial charge on any atom is -0.293 e. The Balaban J connectivity index is 1.58. The fourth-order valence-electron chi connectivity index (χ4n) is 2.52. The summed E-state index contributed by atoms with van der Waals surface area (Å²) in [4.78, 5) is 21.1. The van der Waals surface area contributed by atoms with E-state index in [4.69, 9.17) is 23.2 Å². The molecule has 0 bridgehead atoms. The van der Waals surface area contributed by atoms with Crippen molar-refractivity contribution < 1.29 is 4.79 Å². The predicted octanol–water partition coefficient (Wildman–Crippen LogP) is 5.85. The first-order valence-electron chi connectivity index (χ1n) is 8.50. The van der Waals surface area contributed by atoms with Crippen molar-refractivity contribution in [3.8, 4) is 0 Å². The first kappa shape index (κ1) is 19.9. The molecule has 3 rings (SSSR count). The number of carbonyl (C=O) groups excluding carboxylic acids is 1. The van der Waals surface area contributed by atoms with Gasteiger partial charge in [-0.2, -0.15) is 0 Å². The number of hydrogen-bond donors (Lipinski definition) is 0. The number of aromatic nitrogens is 2. The van der Waals surface area contributed by atoms with E-state index in [0.717, 1.165) is 29.7 Å². The van der Waals surface area contributed by atoms with Gasteiger partial charge in [-0.15, -0.1) is 0 Å². The van der Waals surface area contributed by atoms with E-state index >= 15 is 0 Å². The first-order valence-corrected chi connectivity index (χ1v) is 10.2. The second-order valence-electron chi connectivity index (χ2n) is 6.14. The van der Waals surface area contributed by atoms with Crippen molar-refractivity contribution in [1.29, 1.82) is 0 Å². The standard InChI is InChI=1S/C21H18Cl2N2OS/c1-14-2-4-16(5-3-14)20(26)13-27-21-24-11-10-18(25-21)9-7-15-6-8-17(22)12-19(15)23/h2-6,8,10-12H,7,9,13H2,1H3. The molecular weight excluding hydrogens is 399 g/mol. The quantitative estimate of drug-likeness (QED) is 0.275. The Morgan fingerprint density at radius 1 is 1.04 bits per heavy atom. The van der Waals surface area contributed by atoms with Crippen LogP contribution < -0.4 is 0 Å². The topological polar surface area (TPSA) is 42.9 Å². The molecule has 0 saturated carbocycles. The van der Waals surface area contributed by atoms with Gasteiger partial charge in [0.05, 0.1) is 5.75 Å². The number of nitrogens with zero attached hydrogens (tertiary/aromatic N) is 2. The number of halogens is 2. The van der Waals surface area contributed by atoms with Crippen molar-refractivity contribution in [1.82, 2.24) is 9.97 Å². The molecule has 0 saturated heterocycles. The molecule has 0 aliphatic carbocycles. The first-order chi connectivity index (χ1) is 13.0. The normalized spacial score (nSPS) is 10.8. The Morgan fingerprint density at radius 2 is 1.81 bits per heavy atom. The van der Waals surface area contributed by atoms with E-state index in [1.807, 2.05) is 49.4 Å². The van der Waals surface area contributed by atoms with Crippen molar-refractivity contribution in [2.24, 2.45) is 0 Å². The van der Waals surface area contributed by atoms with E-state index in [1.165, 1.54) is 11.8 Å². The molecule has 3 aromatic rings. The second kappa shape index (κ2) is 9.36. The Labute approximate surface area is 173 Å². The zero-order valence-electron chi connectivity index (χ0n) is 14.8. The molecule has 27 heavy (non-hydrogen) atoms. The van der Waals surface area contributed by atoms with E-state index in [9.17, 15) is 4.79 Å². The lowest BCUT2D eigenvalue weighted by molar-refractivity contribution is 0.102. The van der Waals surface area contributed by atoms with Crippen LogP contribution in [0.5, 0.6) is 0 Å². The molecule has 0 fully saturated rings. The van der Waals surface area contributed by atoms with Crippen LogP contribution in [0.25, 0.3) is 0 Å². The van der Waals surface area contributed by atoms with Gasteiger partial charge in [0.25, 0.3) is 0 Å². The summed E-state index contributed by atoms with van der Waals surface area (Å²) < 4.78 is 0. The number of ketones is 1.